The first-order chi connectivity index (χ1) is 31.0. The van der Waals surface area contributed by atoms with Gasteiger partial charge in [-0.25, -0.2) is 22.1 Å². The van der Waals surface area contributed by atoms with Crippen LogP contribution in [0.2, 0.25) is 0 Å². The van der Waals surface area contributed by atoms with E-state index < -0.39 is 46.2 Å². The van der Waals surface area contributed by atoms with Crippen molar-refractivity contribution in [2.75, 3.05) is 30.8 Å². The molecule has 7 nitrogen and oxygen atoms in total. The topological polar surface area (TPSA) is 85.6 Å². The van der Waals surface area contributed by atoms with Gasteiger partial charge in [-0.1, -0.05) is 103 Å². The molecule has 14 heteroatoms. The van der Waals surface area contributed by atoms with E-state index in [1.807, 2.05) is 61.7 Å². The molecule has 1 aliphatic rings. The van der Waals surface area contributed by atoms with E-state index in [-0.39, 0.29) is 57.8 Å². The van der Waals surface area contributed by atoms with E-state index >= 15 is 0 Å². The van der Waals surface area contributed by atoms with Crippen LogP contribution in [0.4, 0.5) is 28.9 Å². The third-order valence-corrected chi connectivity index (χ3v) is 10.7. The smallest absolute Gasteiger partial charge is 1.00 e. The molecule has 8 rings (SSSR count). The summed E-state index contributed by atoms with van der Waals surface area (Å²) in [6, 6.07) is 44.0. The summed E-state index contributed by atoms with van der Waals surface area (Å²) in [5.74, 6) is -5.16. The van der Waals surface area contributed by atoms with Crippen LogP contribution in [0.5, 0.6) is 0 Å². The van der Waals surface area contributed by atoms with Gasteiger partial charge in [0.2, 0.25) is 0 Å². The van der Waals surface area contributed by atoms with Crippen molar-refractivity contribution < 1.29 is 86.2 Å². The molecule has 0 bridgehead atoms. The number of carbonyl (C=O) groups is 2. The monoisotopic (exact) mass is 982 g/mol. The Bertz CT molecular complexity index is 2710. The van der Waals surface area contributed by atoms with Crippen LogP contribution < -0.4 is 61.7 Å². The summed E-state index contributed by atoms with van der Waals surface area (Å²) in [7, 11) is 1.00. The quantitative estimate of drug-likeness (QED) is 0.102. The standard InChI is InChI=1S/C26H24F2N2O.C26H20F2N2O.CH4O.B.BrH.Na.H2.H/c2*1-18-14-15-30(16-19-6-3-2-4-7-19)17-22(18)20-10-12-21(13-11-20)29-26(31)25-23(27)8-5-9-24(25)28;1-2;;;;;/h2-13H,14-17H2,1H3,(H,29,31);2-15,17H,16H2,1H3;2H,1H3;;1H;;1H;/q;;;;;+1;;-1/i;;;;;;1+1;. The molecular formula is C53H52BBrF4N4NaO3. The van der Waals surface area contributed by atoms with Crippen molar-refractivity contribution >= 4 is 37.2 Å². The van der Waals surface area contributed by atoms with E-state index in [1.165, 1.54) is 34.4 Å². The third-order valence-electron chi connectivity index (χ3n) is 10.7. The molecule has 341 valence electrons. The first-order valence-corrected chi connectivity index (χ1v) is 20.7. The molecule has 0 atom stereocenters. The number of hydrogen-bond donors (Lipinski definition) is 3. The number of nitrogens with zero attached hydrogens (tertiary/aromatic N) is 2. The molecule has 1 aliphatic heterocycles. The number of aliphatic hydroxyl groups excluding tert-OH is 1. The predicted molar refractivity (Wildman–Crippen MR) is 253 cm³/mol. The minimum atomic E-state index is -0.892. The number of nitrogens with one attached hydrogen (secondary N) is 2. The molecule has 67 heavy (non-hydrogen) atoms. The number of amides is 2. The van der Waals surface area contributed by atoms with Crippen LogP contribution in [0.1, 0.15) is 59.2 Å². The number of anilines is 2. The Hall–Kier alpha value is -5.67. The number of halogens is 5. The Morgan fingerprint density at radius 2 is 1.09 bits per heavy atom. The average molecular weight is 984 g/mol. The predicted octanol–water partition coefficient (Wildman–Crippen LogP) is 5.02. The molecule has 0 unspecified atom stereocenters. The zero-order valence-electron chi connectivity index (χ0n) is 38.7. The second-order valence-electron chi connectivity index (χ2n) is 15.2. The minimum absolute atomic E-state index is 0. The van der Waals surface area contributed by atoms with Gasteiger partial charge in [0.15, 0.2) is 18.9 Å². The molecule has 3 radical (unpaired) electrons. The Labute approximate surface area is 427 Å². The Kier molecular flexibility index (Phi) is 22.6. The zero-order chi connectivity index (χ0) is 45.6. The fraction of sp³-hybridized carbons (Fsp3) is 0.151. The van der Waals surface area contributed by atoms with E-state index in [0.29, 0.717) is 11.4 Å². The van der Waals surface area contributed by atoms with Crippen molar-refractivity contribution in [2.45, 2.75) is 33.4 Å². The van der Waals surface area contributed by atoms with Crippen molar-refractivity contribution in [1.82, 2.24) is 4.90 Å². The van der Waals surface area contributed by atoms with Crippen LogP contribution in [-0.4, -0.2) is 50.4 Å². The Morgan fingerprint density at radius 1 is 0.642 bits per heavy atom. The summed E-state index contributed by atoms with van der Waals surface area (Å²) in [6.45, 7) is 7.74. The maximum absolute atomic E-state index is 13.8. The summed E-state index contributed by atoms with van der Waals surface area (Å²) in [5.41, 5.74) is 9.18. The molecule has 0 saturated heterocycles. The number of aryl methyl sites for hydroxylation is 1. The van der Waals surface area contributed by atoms with Gasteiger partial charge < -0.3 is 34.1 Å². The van der Waals surface area contributed by atoms with Crippen molar-refractivity contribution in [3.8, 4) is 11.1 Å². The maximum Gasteiger partial charge on any atom is 1.00 e. The number of aromatic nitrogens is 1. The normalized spacial score (nSPS) is 11.8. The molecule has 2 amide bonds. The van der Waals surface area contributed by atoms with Crippen LogP contribution in [-0.2, 0) is 13.1 Å². The first-order valence-electron chi connectivity index (χ1n) is 20.7. The second kappa shape index (κ2) is 27.2. The first kappa shape index (κ1) is 55.7. The van der Waals surface area contributed by atoms with Crippen LogP contribution in [0.25, 0.3) is 16.7 Å². The van der Waals surface area contributed by atoms with Gasteiger partial charge in [-0.15, -0.1) is 0 Å². The van der Waals surface area contributed by atoms with Gasteiger partial charge in [-0.05, 0) is 96.6 Å². The summed E-state index contributed by atoms with van der Waals surface area (Å²) >= 11 is 0. The van der Waals surface area contributed by atoms with Gasteiger partial charge in [0.25, 0.3) is 11.8 Å². The van der Waals surface area contributed by atoms with Crippen molar-refractivity contribution in [3.05, 3.63) is 226 Å². The van der Waals surface area contributed by atoms with Gasteiger partial charge in [-0.2, -0.15) is 0 Å². The van der Waals surface area contributed by atoms with Gasteiger partial charge in [0, 0.05) is 65.2 Å². The van der Waals surface area contributed by atoms with Crippen LogP contribution in [0.15, 0.2) is 170 Å². The fourth-order valence-corrected chi connectivity index (χ4v) is 7.34. The molecule has 2 heterocycles. The second-order valence-corrected chi connectivity index (χ2v) is 15.2. The van der Waals surface area contributed by atoms with E-state index in [0.717, 1.165) is 86.2 Å². The molecule has 3 N–H and O–H groups in total. The summed E-state index contributed by atoms with van der Waals surface area (Å²) in [5, 5.41) is 12.1. The molecule has 0 spiro atoms. The molecule has 1 aromatic heterocycles. The number of benzene rings is 6. The van der Waals surface area contributed by atoms with Gasteiger partial charge in [-0.3, -0.25) is 14.5 Å². The molecule has 0 fully saturated rings. The Balaban J connectivity index is 0.000000623. The molecule has 7 aromatic rings. The number of aliphatic hydroxyl groups is 1. The molecule has 6 aromatic carbocycles. The van der Waals surface area contributed by atoms with Gasteiger partial charge in [0.05, 0.1) is 0 Å². The van der Waals surface area contributed by atoms with Gasteiger partial charge >= 0.3 is 29.6 Å². The fourth-order valence-electron chi connectivity index (χ4n) is 7.34. The average Bonchev–Trinajstić information content (AvgIpc) is 3.30. The van der Waals surface area contributed by atoms with E-state index in [2.05, 4.69) is 75.7 Å². The van der Waals surface area contributed by atoms with Crippen LogP contribution in [0, 0.1) is 30.2 Å². The van der Waals surface area contributed by atoms with E-state index in [9.17, 15) is 27.2 Å². The van der Waals surface area contributed by atoms with E-state index in [1.54, 1.807) is 24.3 Å². The van der Waals surface area contributed by atoms with Gasteiger partial charge in [0.1, 0.15) is 34.4 Å². The summed E-state index contributed by atoms with van der Waals surface area (Å²) in [4.78, 5) is 27.0. The molecule has 0 saturated carbocycles. The third kappa shape index (κ3) is 15.2. The Morgan fingerprint density at radius 3 is 1.57 bits per heavy atom. The minimum Gasteiger partial charge on any atom is -1.00 e. The van der Waals surface area contributed by atoms with Crippen LogP contribution in [0.3, 0.4) is 0 Å². The van der Waals surface area contributed by atoms with Crippen molar-refractivity contribution in [2.24, 2.45) is 0 Å². The number of rotatable bonds is 10. The molecular weight excluding hydrogens is 930 g/mol. The number of carbonyl (C=O) groups excluding carboxylic acids is 2. The van der Waals surface area contributed by atoms with Crippen molar-refractivity contribution in [1.29, 1.82) is 0 Å². The maximum atomic E-state index is 13.8. The number of pyridine rings is 1. The molecule has 0 aliphatic carbocycles. The summed E-state index contributed by atoms with van der Waals surface area (Å²) < 4.78 is 57.4. The van der Waals surface area contributed by atoms with E-state index in [4.69, 9.17) is 5.11 Å². The SMILES string of the molecule is CC1=C(c2ccc(NC(=O)c3c(F)cccc3F)cc2)CN(Cc2ccccc2)CC1.CO.Cc1cc[n+](Cc2ccccc2)cc1-c1ccc(NC(=O)c2c(F)cccc2F)cc1.[2HH].[B].[Br-].[H-].[Na+]. The number of hydrogen-bond acceptors (Lipinski definition) is 4. The largest absolute Gasteiger partial charge is 1.00 e. The van der Waals surface area contributed by atoms with Crippen molar-refractivity contribution in [3.63, 3.8) is 0 Å². The zero-order valence-corrected chi connectivity index (χ0v) is 41.3. The summed E-state index contributed by atoms with van der Waals surface area (Å²) in [6.07, 6.45) is 5.14. The van der Waals surface area contributed by atoms with Crippen LogP contribution >= 0.6 is 0 Å².